The highest BCUT2D eigenvalue weighted by molar-refractivity contribution is 6.03. The number of anilines is 1. The van der Waals surface area contributed by atoms with Gasteiger partial charge in [0.05, 0.1) is 5.41 Å². The van der Waals surface area contributed by atoms with Crippen LogP contribution in [0.25, 0.3) is 0 Å². The third kappa shape index (κ3) is 2.93. The molecule has 0 aromatic heterocycles. The number of carbonyl (C=O) groups is 3. The van der Waals surface area contributed by atoms with E-state index in [4.69, 9.17) is 0 Å². The predicted octanol–water partition coefficient (Wildman–Crippen LogP) is 3.53. The topological polar surface area (TPSA) is 66.5 Å². The fourth-order valence-corrected chi connectivity index (χ4v) is 4.46. The van der Waals surface area contributed by atoms with E-state index in [1.165, 1.54) is 4.90 Å². The summed E-state index contributed by atoms with van der Waals surface area (Å²) in [6.07, 6.45) is 2.31. The van der Waals surface area contributed by atoms with E-state index in [0.29, 0.717) is 13.0 Å². The normalized spacial score (nSPS) is 26.9. The molecule has 2 atom stereocenters. The first kappa shape index (κ1) is 18.6. The number of aryl methyl sites for hydroxylation is 1. The Hall–Kier alpha value is -2.17. The summed E-state index contributed by atoms with van der Waals surface area (Å²) < 4.78 is 0. The van der Waals surface area contributed by atoms with E-state index < -0.39 is 5.41 Å². The minimum atomic E-state index is -0.477. The molecule has 1 saturated heterocycles. The molecule has 1 heterocycles. The molecule has 1 N–H and O–H groups in total. The molecule has 0 radical (unpaired) electrons. The highest BCUT2D eigenvalue weighted by atomic mass is 16.2. The Bertz CT molecular complexity index is 755. The molecule has 1 aliphatic heterocycles. The smallest absolute Gasteiger partial charge is 0.235 e. The zero-order chi connectivity index (χ0) is 19.1. The number of likely N-dealkylation sites (tertiary alicyclic amines) is 1. The van der Waals surface area contributed by atoms with Crippen LogP contribution in [0.4, 0.5) is 5.69 Å². The van der Waals surface area contributed by atoms with Crippen molar-refractivity contribution < 1.29 is 14.4 Å². The number of hydrogen-bond acceptors (Lipinski definition) is 3. The van der Waals surface area contributed by atoms with E-state index >= 15 is 0 Å². The van der Waals surface area contributed by atoms with E-state index in [1.54, 1.807) is 0 Å². The lowest BCUT2D eigenvalue weighted by molar-refractivity contribution is -0.168. The van der Waals surface area contributed by atoms with Crippen LogP contribution in [0.15, 0.2) is 24.3 Å². The minimum Gasteiger partial charge on any atom is -0.326 e. The van der Waals surface area contributed by atoms with E-state index in [0.717, 1.165) is 24.1 Å². The SMILES string of the molecule is Cc1cccc(NC(=O)CCCN2C(=O)C3CCC(C)(C2=O)C3(C)C)c1. The van der Waals surface area contributed by atoms with Crippen molar-refractivity contribution in [2.75, 3.05) is 11.9 Å². The lowest BCUT2D eigenvalue weighted by Crippen LogP contribution is -2.59. The summed E-state index contributed by atoms with van der Waals surface area (Å²) in [7, 11) is 0. The summed E-state index contributed by atoms with van der Waals surface area (Å²) in [5.41, 5.74) is 1.08. The van der Waals surface area contributed by atoms with Gasteiger partial charge in [0.1, 0.15) is 0 Å². The monoisotopic (exact) mass is 356 g/mol. The molecular weight excluding hydrogens is 328 g/mol. The van der Waals surface area contributed by atoms with Gasteiger partial charge >= 0.3 is 0 Å². The molecule has 0 spiro atoms. The van der Waals surface area contributed by atoms with Gasteiger partial charge in [-0.05, 0) is 49.3 Å². The van der Waals surface area contributed by atoms with E-state index in [9.17, 15) is 14.4 Å². The number of amides is 3. The summed E-state index contributed by atoms with van der Waals surface area (Å²) in [6.45, 7) is 8.35. The second kappa shape index (κ2) is 6.53. The molecule has 5 heteroatoms. The van der Waals surface area contributed by atoms with Crippen LogP contribution in [0.5, 0.6) is 0 Å². The summed E-state index contributed by atoms with van der Waals surface area (Å²) in [5.74, 6) is -0.317. The fourth-order valence-electron chi connectivity index (χ4n) is 4.46. The molecule has 1 aromatic rings. The number of hydrogen-bond donors (Lipinski definition) is 1. The molecular formula is C21H28N2O3. The maximum Gasteiger partial charge on any atom is 0.235 e. The van der Waals surface area contributed by atoms with Crippen LogP contribution < -0.4 is 5.32 Å². The molecule has 2 aliphatic rings. The minimum absolute atomic E-state index is 0.0610. The lowest BCUT2D eigenvalue weighted by atomic mass is 9.62. The van der Waals surface area contributed by atoms with Gasteiger partial charge in [-0.2, -0.15) is 0 Å². The van der Waals surface area contributed by atoms with Crippen molar-refractivity contribution in [3.63, 3.8) is 0 Å². The molecule has 1 aromatic carbocycles. The van der Waals surface area contributed by atoms with Crippen LogP contribution in [-0.2, 0) is 14.4 Å². The zero-order valence-corrected chi connectivity index (χ0v) is 16.1. The van der Waals surface area contributed by atoms with Gasteiger partial charge in [-0.1, -0.05) is 32.9 Å². The van der Waals surface area contributed by atoms with Gasteiger partial charge in [-0.25, -0.2) is 0 Å². The Morgan fingerprint density at radius 2 is 2.00 bits per heavy atom. The Kier molecular flexibility index (Phi) is 4.67. The molecule has 1 aliphatic carbocycles. The van der Waals surface area contributed by atoms with Crippen molar-refractivity contribution >= 4 is 23.4 Å². The quantitative estimate of drug-likeness (QED) is 0.821. The van der Waals surface area contributed by atoms with Crippen molar-refractivity contribution in [2.24, 2.45) is 16.7 Å². The highest BCUT2D eigenvalue weighted by Crippen LogP contribution is 2.60. The molecule has 2 unspecified atom stereocenters. The number of rotatable bonds is 5. The van der Waals surface area contributed by atoms with Gasteiger partial charge in [0.25, 0.3) is 0 Å². The van der Waals surface area contributed by atoms with Gasteiger partial charge in [-0.3, -0.25) is 19.3 Å². The summed E-state index contributed by atoms with van der Waals surface area (Å²) in [5, 5.41) is 2.87. The number of imide groups is 1. The second-order valence-corrected chi connectivity index (χ2v) is 8.46. The van der Waals surface area contributed by atoms with Crippen LogP contribution in [-0.4, -0.2) is 29.2 Å². The number of carbonyl (C=O) groups excluding carboxylic acids is 3. The molecule has 1 saturated carbocycles. The largest absolute Gasteiger partial charge is 0.326 e. The van der Waals surface area contributed by atoms with E-state index in [-0.39, 0.29) is 35.5 Å². The van der Waals surface area contributed by atoms with Crippen LogP contribution >= 0.6 is 0 Å². The van der Waals surface area contributed by atoms with Crippen LogP contribution in [0, 0.1) is 23.7 Å². The van der Waals surface area contributed by atoms with Crippen molar-refractivity contribution in [3.05, 3.63) is 29.8 Å². The van der Waals surface area contributed by atoms with Gasteiger partial charge in [0.15, 0.2) is 0 Å². The highest BCUT2D eigenvalue weighted by Gasteiger charge is 2.64. The first-order valence-electron chi connectivity index (χ1n) is 9.39. The van der Waals surface area contributed by atoms with E-state index in [2.05, 4.69) is 5.32 Å². The average molecular weight is 356 g/mol. The Morgan fingerprint density at radius 3 is 2.69 bits per heavy atom. The number of benzene rings is 1. The molecule has 26 heavy (non-hydrogen) atoms. The molecule has 3 amide bonds. The van der Waals surface area contributed by atoms with Crippen molar-refractivity contribution in [2.45, 2.75) is 53.4 Å². The van der Waals surface area contributed by atoms with Gasteiger partial charge in [-0.15, -0.1) is 0 Å². The molecule has 3 rings (SSSR count). The fraction of sp³-hybridized carbons (Fsp3) is 0.571. The lowest BCUT2D eigenvalue weighted by Gasteiger charge is -2.47. The average Bonchev–Trinajstić information content (AvgIpc) is 2.75. The summed E-state index contributed by atoms with van der Waals surface area (Å²) >= 11 is 0. The molecule has 140 valence electrons. The van der Waals surface area contributed by atoms with E-state index in [1.807, 2.05) is 52.0 Å². The van der Waals surface area contributed by atoms with Crippen LogP contribution in [0.3, 0.4) is 0 Å². The van der Waals surface area contributed by atoms with Crippen molar-refractivity contribution in [1.29, 1.82) is 0 Å². The number of fused-ring (bicyclic) bond motifs is 2. The molecule has 2 bridgehead atoms. The molecule has 2 fully saturated rings. The third-order valence-electron chi connectivity index (χ3n) is 6.59. The zero-order valence-electron chi connectivity index (χ0n) is 16.1. The van der Waals surface area contributed by atoms with Crippen molar-refractivity contribution in [1.82, 2.24) is 4.90 Å². The number of piperidine rings is 1. The Labute approximate surface area is 155 Å². The van der Waals surface area contributed by atoms with Crippen LogP contribution in [0.2, 0.25) is 0 Å². The first-order chi connectivity index (χ1) is 12.2. The number of nitrogens with one attached hydrogen (secondary N) is 1. The van der Waals surface area contributed by atoms with Crippen LogP contribution in [0.1, 0.15) is 52.0 Å². The number of nitrogens with zero attached hydrogens (tertiary/aromatic N) is 1. The Morgan fingerprint density at radius 1 is 1.27 bits per heavy atom. The maximum absolute atomic E-state index is 12.9. The third-order valence-corrected chi connectivity index (χ3v) is 6.59. The van der Waals surface area contributed by atoms with Gasteiger partial charge in [0.2, 0.25) is 17.7 Å². The summed E-state index contributed by atoms with van der Waals surface area (Å²) in [6, 6.07) is 7.63. The standard InChI is InChI=1S/C21H28N2O3/c1-14-7-5-8-15(13-14)22-17(24)9-6-12-23-18(25)16-10-11-21(4,19(23)26)20(16,2)3/h5,7-8,13,16H,6,9-12H2,1-4H3,(H,22,24). The van der Waals surface area contributed by atoms with Gasteiger partial charge < -0.3 is 5.32 Å². The molecule has 5 nitrogen and oxygen atoms in total. The summed E-state index contributed by atoms with van der Waals surface area (Å²) in [4.78, 5) is 39.2. The predicted molar refractivity (Wildman–Crippen MR) is 100 cm³/mol. The van der Waals surface area contributed by atoms with Crippen molar-refractivity contribution in [3.8, 4) is 0 Å². The second-order valence-electron chi connectivity index (χ2n) is 8.46. The maximum atomic E-state index is 12.9. The first-order valence-corrected chi connectivity index (χ1v) is 9.39. The van der Waals surface area contributed by atoms with Gasteiger partial charge in [0, 0.05) is 24.6 Å². The Balaban J connectivity index is 1.58.